The van der Waals surface area contributed by atoms with Crippen LogP contribution in [-0.4, -0.2) is 26.2 Å². The van der Waals surface area contributed by atoms with Crippen LogP contribution in [0.25, 0.3) is 0 Å². The molecule has 0 saturated carbocycles. The lowest BCUT2D eigenvalue weighted by Gasteiger charge is -2.22. The Kier molecular flexibility index (Phi) is 3.64. The van der Waals surface area contributed by atoms with Crippen LogP contribution < -0.4 is 10.2 Å². The molecular formula is C11H15IN2. The van der Waals surface area contributed by atoms with Gasteiger partial charge in [0.05, 0.1) is 0 Å². The first kappa shape index (κ1) is 10.2. The van der Waals surface area contributed by atoms with E-state index >= 15 is 0 Å². The Hall–Kier alpha value is -0.290. The highest BCUT2D eigenvalue weighted by atomic mass is 127. The molecule has 0 bridgehead atoms. The van der Waals surface area contributed by atoms with Gasteiger partial charge in [0.25, 0.3) is 0 Å². The van der Waals surface area contributed by atoms with Crippen molar-refractivity contribution in [3.8, 4) is 0 Å². The molecule has 1 aromatic rings. The van der Waals surface area contributed by atoms with Gasteiger partial charge in [0, 0.05) is 28.9 Å². The molecule has 1 saturated heterocycles. The molecule has 0 aromatic heterocycles. The Morgan fingerprint density at radius 1 is 1.07 bits per heavy atom. The Labute approximate surface area is 98.8 Å². The summed E-state index contributed by atoms with van der Waals surface area (Å²) < 4.78 is 1.30. The summed E-state index contributed by atoms with van der Waals surface area (Å²) in [5, 5.41) is 3.42. The van der Waals surface area contributed by atoms with Crippen LogP contribution in [0.15, 0.2) is 24.3 Å². The summed E-state index contributed by atoms with van der Waals surface area (Å²) in [5.74, 6) is 0. The summed E-state index contributed by atoms with van der Waals surface area (Å²) in [6.45, 7) is 4.56. The molecule has 0 spiro atoms. The van der Waals surface area contributed by atoms with Crippen LogP contribution in [0.5, 0.6) is 0 Å². The Morgan fingerprint density at radius 2 is 1.86 bits per heavy atom. The monoisotopic (exact) mass is 302 g/mol. The average Bonchev–Trinajstić information content (AvgIpc) is 2.47. The minimum absolute atomic E-state index is 1.10. The highest BCUT2D eigenvalue weighted by molar-refractivity contribution is 14.1. The molecular weight excluding hydrogens is 287 g/mol. The minimum atomic E-state index is 1.10. The highest BCUT2D eigenvalue weighted by Crippen LogP contribution is 2.16. The first-order valence-corrected chi connectivity index (χ1v) is 6.15. The van der Waals surface area contributed by atoms with E-state index in [2.05, 4.69) is 57.1 Å². The van der Waals surface area contributed by atoms with E-state index in [1.165, 1.54) is 22.2 Å². The SMILES string of the molecule is Ic1ccc(N2CCCNCC2)cc1. The third kappa shape index (κ3) is 2.60. The normalized spacial score (nSPS) is 17.9. The van der Waals surface area contributed by atoms with Gasteiger partial charge in [-0.1, -0.05) is 0 Å². The van der Waals surface area contributed by atoms with Gasteiger partial charge in [-0.25, -0.2) is 0 Å². The van der Waals surface area contributed by atoms with E-state index in [1.807, 2.05) is 0 Å². The van der Waals surface area contributed by atoms with Crippen molar-refractivity contribution >= 4 is 28.3 Å². The number of hydrogen-bond acceptors (Lipinski definition) is 2. The van der Waals surface area contributed by atoms with E-state index in [9.17, 15) is 0 Å². The van der Waals surface area contributed by atoms with Crippen LogP contribution in [-0.2, 0) is 0 Å². The summed E-state index contributed by atoms with van der Waals surface area (Å²) in [6.07, 6.45) is 1.24. The van der Waals surface area contributed by atoms with Crippen LogP contribution in [0.1, 0.15) is 6.42 Å². The number of nitrogens with zero attached hydrogens (tertiary/aromatic N) is 1. The van der Waals surface area contributed by atoms with Gasteiger partial charge < -0.3 is 10.2 Å². The predicted octanol–water partition coefficient (Wildman–Crippen LogP) is 2.09. The summed E-state index contributed by atoms with van der Waals surface area (Å²) in [4.78, 5) is 2.45. The fourth-order valence-corrected chi connectivity index (χ4v) is 2.12. The Balaban J connectivity index is 2.08. The van der Waals surface area contributed by atoms with Gasteiger partial charge in [-0.3, -0.25) is 0 Å². The maximum absolute atomic E-state index is 3.42. The fourth-order valence-electron chi connectivity index (χ4n) is 1.76. The van der Waals surface area contributed by atoms with Crippen molar-refractivity contribution in [3.05, 3.63) is 27.8 Å². The lowest BCUT2D eigenvalue weighted by molar-refractivity contribution is 0.724. The van der Waals surface area contributed by atoms with Crippen molar-refractivity contribution < 1.29 is 0 Å². The van der Waals surface area contributed by atoms with Gasteiger partial charge in [-0.05, 0) is 59.8 Å². The molecule has 1 heterocycles. The zero-order valence-corrected chi connectivity index (χ0v) is 10.3. The second-order valence-electron chi connectivity index (χ2n) is 3.57. The van der Waals surface area contributed by atoms with Crippen molar-refractivity contribution in [1.29, 1.82) is 0 Å². The molecule has 2 rings (SSSR count). The fraction of sp³-hybridized carbons (Fsp3) is 0.455. The van der Waals surface area contributed by atoms with Crippen molar-refractivity contribution in [2.24, 2.45) is 0 Å². The molecule has 0 aliphatic carbocycles. The van der Waals surface area contributed by atoms with E-state index in [0.717, 1.165) is 19.6 Å². The van der Waals surface area contributed by atoms with Crippen LogP contribution in [0, 0.1) is 3.57 Å². The maximum Gasteiger partial charge on any atom is 0.0367 e. The Bertz CT molecular complexity index is 276. The molecule has 1 aliphatic heterocycles. The second-order valence-corrected chi connectivity index (χ2v) is 4.81. The molecule has 1 aromatic carbocycles. The van der Waals surface area contributed by atoms with E-state index in [1.54, 1.807) is 0 Å². The molecule has 0 amide bonds. The van der Waals surface area contributed by atoms with Gasteiger partial charge in [0.1, 0.15) is 0 Å². The molecule has 3 heteroatoms. The van der Waals surface area contributed by atoms with Crippen molar-refractivity contribution in [3.63, 3.8) is 0 Å². The summed E-state index contributed by atoms with van der Waals surface area (Å²) in [6, 6.07) is 8.78. The zero-order valence-electron chi connectivity index (χ0n) is 8.17. The van der Waals surface area contributed by atoms with Gasteiger partial charge in [-0.2, -0.15) is 0 Å². The lowest BCUT2D eigenvalue weighted by atomic mass is 10.3. The van der Waals surface area contributed by atoms with Gasteiger partial charge in [-0.15, -0.1) is 0 Å². The number of rotatable bonds is 1. The molecule has 1 aliphatic rings. The first-order chi connectivity index (χ1) is 6.86. The highest BCUT2D eigenvalue weighted by Gasteiger charge is 2.08. The molecule has 14 heavy (non-hydrogen) atoms. The Morgan fingerprint density at radius 3 is 2.64 bits per heavy atom. The van der Waals surface area contributed by atoms with Crippen LogP contribution in [0.2, 0.25) is 0 Å². The van der Waals surface area contributed by atoms with Crippen LogP contribution >= 0.6 is 22.6 Å². The number of halogens is 1. The van der Waals surface area contributed by atoms with Gasteiger partial charge in [0.15, 0.2) is 0 Å². The molecule has 1 N–H and O–H groups in total. The van der Waals surface area contributed by atoms with Crippen LogP contribution in [0.4, 0.5) is 5.69 Å². The number of hydrogen-bond donors (Lipinski definition) is 1. The minimum Gasteiger partial charge on any atom is -0.370 e. The van der Waals surface area contributed by atoms with Crippen molar-refractivity contribution in [1.82, 2.24) is 5.32 Å². The number of anilines is 1. The molecule has 0 radical (unpaired) electrons. The van der Waals surface area contributed by atoms with E-state index < -0.39 is 0 Å². The van der Waals surface area contributed by atoms with E-state index in [0.29, 0.717) is 0 Å². The third-order valence-corrected chi connectivity index (χ3v) is 3.25. The summed E-state index contributed by atoms with van der Waals surface area (Å²) in [7, 11) is 0. The van der Waals surface area contributed by atoms with Crippen LogP contribution in [0.3, 0.4) is 0 Å². The standard InChI is InChI=1S/C11H15IN2/c12-10-2-4-11(5-3-10)14-8-1-6-13-7-9-14/h2-5,13H,1,6-9H2. The van der Waals surface area contributed by atoms with Gasteiger partial charge >= 0.3 is 0 Å². The van der Waals surface area contributed by atoms with E-state index in [-0.39, 0.29) is 0 Å². The van der Waals surface area contributed by atoms with E-state index in [4.69, 9.17) is 0 Å². The van der Waals surface area contributed by atoms with Crippen molar-refractivity contribution in [2.45, 2.75) is 6.42 Å². The third-order valence-electron chi connectivity index (χ3n) is 2.53. The number of benzene rings is 1. The summed E-state index contributed by atoms with van der Waals surface area (Å²) >= 11 is 2.34. The quantitative estimate of drug-likeness (QED) is 0.799. The molecule has 1 fully saturated rings. The first-order valence-electron chi connectivity index (χ1n) is 5.07. The molecule has 2 nitrogen and oxygen atoms in total. The topological polar surface area (TPSA) is 15.3 Å². The maximum atomic E-state index is 3.42. The lowest BCUT2D eigenvalue weighted by Crippen LogP contribution is -2.27. The second kappa shape index (κ2) is 4.98. The molecule has 0 unspecified atom stereocenters. The number of nitrogens with one attached hydrogen (secondary N) is 1. The smallest absolute Gasteiger partial charge is 0.0367 e. The predicted molar refractivity (Wildman–Crippen MR) is 68.9 cm³/mol. The molecule has 0 atom stereocenters. The van der Waals surface area contributed by atoms with Gasteiger partial charge in [0.2, 0.25) is 0 Å². The molecule has 76 valence electrons. The largest absolute Gasteiger partial charge is 0.370 e. The van der Waals surface area contributed by atoms with Crippen molar-refractivity contribution in [2.75, 3.05) is 31.1 Å². The summed E-state index contributed by atoms with van der Waals surface area (Å²) in [5.41, 5.74) is 1.36. The average molecular weight is 302 g/mol. The zero-order chi connectivity index (χ0) is 9.80.